The van der Waals surface area contributed by atoms with Gasteiger partial charge in [-0.3, -0.25) is 9.48 Å². The lowest BCUT2D eigenvalue weighted by atomic mass is 10.1. The Kier molecular flexibility index (Phi) is 9.61. The van der Waals surface area contributed by atoms with Crippen LogP contribution in [0.15, 0.2) is 85.1 Å². The molecular weight excluding hydrogens is 610 g/mol. The molecule has 0 aliphatic carbocycles. The monoisotopic (exact) mass is 645 g/mol. The number of nitriles is 1. The van der Waals surface area contributed by atoms with Crippen LogP contribution in [0.4, 0.5) is 22.2 Å². The van der Waals surface area contributed by atoms with Crippen molar-refractivity contribution in [2.75, 3.05) is 42.3 Å². The molecule has 13 nitrogen and oxygen atoms in total. The maximum atomic E-state index is 13.8. The van der Waals surface area contributed by atoms with E-state index >= 15 is 0 Å². The standard InChI is InChI=1S/C35H35N9O4/c1-42-26(13-15-38-42)21-37-34-40-31(33(45)39-30-19-28(47-2)18-25-10-6-7-11-29(25)30)20-32(41-34)43-16-17-44(27(22-43)12-14-36)35(46)48-23-24-8-4-3-5-9-24/h3-11,13,15,18-20,27H,12,16-17,21-23H2,1-2H3,(H,39,45)(H,37,40,41)/t27-/m0/s1. The number of hydrogen-bond acceptors (Lipinski definition) is 10. The third-order valence-electron chi connectivity index (χ3n) is 8.19. The van der Waals surface area contributed by atoms with Gasteiger partial charge >= 0.3 is 6.09 Å². The molecule has 1 fully saturated rings. The number of anilines is 3. The Morgan fingerprint density at radius 2 is 1.83 bits per heavy atom. The quantitative estimate of drug-likeness (QED) is 0.213. The number of piperazine rings is 1. The Hall–Kier alpha value is -6.16. The lowest BCUT2D eigenvalue weighted by Crippen LogP contribution is -2.55. The maximum Gasteiger partial charge on any atom is 0.410 e. The molecule has 1 atom stereocenters. The van der Waals surface area contributed by atoms with Crippen molar-refractivity contribution >= 4 is 40.2 Å². The first-order chi connectivity index (χ1) is 23.4. The zero-order valence-electron chi connectivity index (χ0n) is 26.7. The summed E-state index contributed by atoms with van der Waals surface area (Å²) in [5.74, 6) is 0.904. The third-order valence-corrected chi connectivity index (χ3v) is 8.19. The van der Waals surface area contributed by atoms with E-state index in [9.17, 15) is 14.9 Å². The van der Waals surface area contributed by atoms with E-state index < -0.39 is 18.0 Å². The Bertz CT molecular complexity index is 1960. The van der Waals surface area contributed by atoms with Gasteiger partial charge in [0.15, 0.2) is 0 Å². The molecule has 2 aromatic heterocycles. The van der Waals surface area contributed by atoms with Crippen LogP contribution < -0.4 is 20.3 Å². The van der Waals surface area contributed by atoms with Crippen LogP contribution in [-0.4, -0.2) is 69.4 Å². The zero-order valence-corrected chi connectivity index (χ0v) is 26.7. The van der Waals surface area contributed by atoms with Gasteiger partial charge in [0.1, 0.15) is 23.9 Å². The van der Waals surface area contributed by atoms with Crippen molar-refractivity contribution in [3.8, 4) is 11.8 Å². The van der Waals surface area contributed by atoms with Crippen LogP contribution in [0.5, 0.6) is 5.75 Å². The van der Waals surface area contributed by atoms with E-state index in [0.717, 1.165) is 22.0 Å². The zero-order chi connectivity index (χ0) is 33.5. The van der Waals surface area contributed by atoms with Gasteiger partial charge in [-0.2, -0.15) is 15.3 Å². The topological polar surface area (TPSA) is 151 Å². The third kappa shape index (κ3) is 7.28. The number of hydrogen-bond donors (Lipinski definition) is 2. The van der Waals surface area contributed by atoms with Crippen LogP contribution in [0.25, 0.3) is 10.8 Å². The minimum atomic E-state index is -0.481. The van der Waals surface area contributed by atoms with Crippen LogP contribution >= 0.6 is 0 Å². The van der Waals surface area contributed by atoms with Gasteiger partial charge in [0.25, 0.3) is 5.91 Å². The first-order valence-electron chi connectivity index (χ1n) is 15.5. The van der Waals surface area contributed by atoms with Crippen LogP contribution in [0.2, 0.25) is 0 Å². The molecule has 1 aliphatic rings. The summed E-state index contributed by atoms with van der Waals surface area (Å²) in [6.07, 6.45) is 1.32. The molecule has 0 spiro atoms. The van der Waals surface area contributed by atoms with Gasteiger partial charge in [-0.1, -0.05) is 54.6 Å². The van der Waals surface area contributed by atoms with Crippen molar-refractivity contribution in [1.29, 1.82) is 5.26 Å². The number of nitrogens with zero attached hydrogens (tertiary/aromatic N) is 7. The Morgan fingerprint density at radius 3 is 2.60 bits per heavy atom. The van der Waals surface area contributed by atoms with Crippen molar-refractivity contribution in [1.82, 2.24) is 24.6 Å². The highest BCUT2D eigenvalue weighted by Gasteiger charge is 2.32. The van der Waals surface area contributed by atoms with Crippen molar-refractivity contribution in [2.45, 2.75) is 25.6 Å². The van der Waals surface area contributed by atoms with Gasteiger partial charge in [0, 0.05) is 50.4 Å². The molecule has 48 heavy (non-hydrogen) atoms. The Labute approximate surface area is 277 Å². The summed E-state index contributed by atoms with van der Waals surface area (Å²) in [6, 6.07) is 26.1. The SMILES string of the molecule is COc1cc(NC(=O)c2cc(N3CCN(C(=O)OCc4ccccc4)[C@@H](CC#N)C3)nc(NCc3ccnn3C)n2)c2ccccc2c1. The van der Waals surface area contributed by atoms with E-state index in [-0.39, 0.29) is 24.7 Å². The van der Waals surface area contributed by atoms with E-state index in [1.165, 1.54) is 0 Å². The summed E-state index contributed by atoms with van der Waals surface area (Å²) in [5, 5.41) is 21.8. The van der Waals surface area contributed by atoms with Gasteiger partial charge in [-0.05, 0) is 23.1 Å². The summed E-state index contributed by atoms with van der Waals surface area (Å²) < 4.78 is 12.8. The normalized spacial score (nSPS) is 14.3. The summed E-state index contributed by atoms with van der Waals surface area (Å²) in [4.78, 5) is 39.8. The smallest absolute Gasteiger partial charge is 0.410 e. The predicted molar refractivity (Wildman–Crippen MR) is 181 cm³/mol. The average Bonchev–Trinajstić information content (AvgIpc) is 3.54. The van der Waals surface area contributed by atoms with Crippen molar-refractivity contribution in [3.05, 3.63) is 102 Å². The molecule has 0 bridgehead atoms. The number of benzene rings is 3. The van der Waals surface area contributed by atoms with Gasteiger partial charge in [0.2, 0.25) is 5.95 Å². The molecule has 2 amide bonds. The van der Waals surface area contributed by atoms with Gasteiger partial charge < -0.3 is 29.9 Å². The van der Waals surface area contributed by atoms with Crippen molar-refractivity contribution in [2.24, 2.45) is 7.05 Å². The molecule has 6 rings (SSSR count). The lowest BCUT2D eigenvalue weighted by Gasteiger charge is -2.40. The number of carbonyl (C=O) groups is 2. The van der Waals surface area contributed by atoms with Gasteiger partial charge in [0.05, 0.1) is 43.6 Å². The number of nitrogens with one attached hydrogen (secondary N) is 2. The number of methoxy groups -OCH3 is 1. The molecule has 0 radical (unpaired) electrons. The predicted octanol–water partition coefficient (Wildman–Crippen LogP) is 4.98. The number of aromatic nitrogens is 4. The molecule has 1 saturated heterocycles. The van der Waals surface area contributed by atoms with Crippen molar-refractivity contribution < 1.29 is 19.1 Å². The molecule has 0 saturated carbocycles. The highest BCUT2D eigenvalue weighted by Crippen LogP contribution is 2.30. The molecule has 3 heterocycles. The van der Waals surface area contributed by atoms with Crippen LogP contribution in [0.3, 0.4) is 0 Å². The van der Waals surface area contributed by atoms with E-state index in [0.29, 0.717) is 43.4 Å². The summed E-state index contributed by atoms with van der Waals surface area (Å²) in [7, 11) is 3.42. The summed E-state index contributed by atoms with van der Waals surface area (Å²) >= 11 is 0. The minimum absolute atomic E-state index is 0.101. The lowest BCUT2D eigenvalue weighted by molar-refractivity contribution is 0.0768. The van der Waals surface area contributed by atoms with Crippen LogP contribution in [0, 0.1) is 11.3 Å². The van der Waals surface area contributed by atoms with Crippen molar-refractivity contribution in [3.63, 3.8) is 0 Å². The summed E-state index contributed by atoms with van der Waals surface area (Å²) in [6.45, 7) is 1.53. The molecule has 244 valence electrons. The van der Waals surface area contributed by atoms with E-state index in [1.54, 1.807) is 35.0 Å². The fourth-order valence-corrected chi connectivity index (χ4v) is 5.61. The van der Waals surface area contributed by atoms with Gasteiger partial charge in [-0.15, -0.1) is 0 Å². The van der Waals surface area contributed by atoms with Gasteiger partial charge in [-0.25, -0.2) is 9.78 Å². The molecule has 2 N–H and O–H groups in total. The number of amides is 2. The Morgan fingerprint density at radius 1 is 1.02 bits per heavy atom. The van der Waals surface area contributed by atoms with E-state index in [4.69, 9.17) is 14.5 Å². The molecule has 13 heteroatoms. The maximum absolute atomic E-state index is 13.8. The largest absolute Gasteiger partial charge is 0.497 e. The fourth-order valence-electron chi connectivity index (χ4n) is 5.61. The summed E-state index contributed by atoms with van der Waals surface area (Å²) in [5.41, 5.74) is 2.49. The van der Waals surface area contributed by atoms with Crippen LogP contribution in [-0.2, 0) is 24.9 Å². The molecule has 0 unspecified atom stereocenters. The second kappa shape index (κ2) is 14.5. The highest BCUT2D eigenvalue weighted by molar-refractivity contribution is 6.09. The minimum Gasteiger partial charge on any atom is -0.497 e. The number of carbonyl (C=O) groups excluding carboxylic acids is 2. The average molecular weight is 646 g/mol. The number of fused-ring (bicyclic) bond motifs is 1. The first kappa shape index (κ1) is 31.8. The van der Waals surface area contributed by atoms with E-state index in [1.807, 2.05) is 78.7 Å². The second-order valence-corrected chi connectivity index (χ2v) is 11.3. The van der Waals surface area contributed by atoms with E-state index in [2.05, 4.69) is 26.8 Å². The number of aryl methyl sites for hydroxylation is 1. The number of ether oxygens (including phenoxy) is 2. The number of rotatable bonds is 10. The second-order valence-electron chi connectivity index (χ2n) is 11.3. The highest BCUT2D eigenvalue weighted by atomic mass is 16.6. The fraction of sp³-hybridized carbons (Fsp3) is 0.257. The van der Waals surface area contributed by atoms with Crippen LogP contribution in [0.1, 0.15) is 28.2 Å². The molecule has 1 aliphatic heterocycles. The molecule has 5 aromatic rings. The molecule has 3 aromatic carbocycles. The first-order valence-corrected chi connectivity index (χ1v) is 15.5. The Balaban J connectivity index is 1.26. The molecular formula is C35H35N9O4.